The molecule has 0 saturated carbocycles. The van der Waals surface area contributed by atoms with E-state index in [1.807, 2.05) is 13.1 Å². The van der Waals surface area contributed by atoms with Gasteiger partial charge in [-0.2, -0.15) is 5.10 Å². The van der Waals surface area contributed by atoms with Gasteiger partial charge in [0.15, 0.2) is 0 Å². The van der Waals surface area contributed by atoms with Crippen LogP contribution in [0.1, 0.15) is 19.5 Å². The normalized spacial score (nSPS) is 11.6. The molecular formula is C10H20N4. The third kappa shape index (κ3) is 2.73. The van der Waals surface area contributed by atoms with Crippen LogP contribution < -0.4 is 5.73 Å². The first-order valence-electron chi connectivity index (χ1n) is 4.99. The number of nitrogen functional groups attached to an aromatic ring is 1. The first-order chi connectivity index (χ1) is 6.50. The van der Waals surface area contributed by atoms with Crippen LogP contribution in [0.3, 0.4) is 0 Å². The Balaban J connectivity index is 2.46. The van der Waals surface area contributed by atoms with E-state index < -0.39 is 0 Å². The molecule has 0 atom stereocenters. The van der Waals surface area contributed by atoms with E-state index in [1.165, 1.54) is 0 Å². The highest BCUT2D eigenvalue weighted by Crippen LogP contribution is 2.06. The summed E-state index contributed by atoms with van der Waals surface area (Å²) in [5.74, 6) is 0.729. The van der Waals surface area contributed by atoms with Gasteiger partial charge in [0.2, 0.25) is 0 Å². The Morgan fingerprint density at radius 1 is 1.57 bits per heavy atom. The van der Waals surface area contributed by atoms with Crippen molar-refractivity contribution in [3.05, 3.63) is 11.8 Å². The molecule has 0 aliphatic heterocycles. The molecule has 0 amide bonds. The lowest BCUT2D eigenvalue weighted by Gasteiger charge is -2.19. The highest BCUT2D eigenvalue weighted by atomic mass is 15.3. The second-order valence-electron chi connectivity index (χ2n) is 4.01. The molecule has 0 radical (unpaired) electrons. The van der Waals surface area contributed by atoms with Crippen LogP contribution in [0.2, 0.25) is 0 Å². The van der Waals surface area contributed by atoms with Gasteiger partial charge in [-0.15, -0.1) is 0 Å². The Labute approximate surface area is 85.7 Å². The minimum atomic E-state index is 0.580. The molecule has 0 unspecified atom stereocenters. The first-order valence-corrected chi connectivity index (χ1v) is 4.99. The van der Waals surface area contributed by atoms with E-state index in [9.17, 15) is 0 Å². The minimum absolute atomic E-state index is 0.580. The number of hydrogen-bond donors (Lipinski definition) is 1. The molecule has 0 aromatic carbocycles. The summed E-state index contributed by atoms with van der Waals surface area (Å²) in [6.07, 6.45) is 0.958. The molecule has 4 heteroatoms. The van der Waals surface area contributed by atoms with Crippen molar-refractivity contribution in [3.8, 4) is 0 Å². The summed E-state index contributed by atoms with van der Waals surface area (Å²) in [4.78, 5) is 2.30. The van der Waals surface area contributed by atoms with E-state index >= 15 is 0 Å². The van der Waals surface area contributed by atoms with Crippen molar-refractivity contribution in [3.63, 3.8) is 0 Å². The molecular weight excluding hydrogens is 176 g/mol. The topological polar surface area (TPSA) is 47.1 Å². The number of rotatable bonds is 4. The van der Waals surface area contributed by atoms with Crippen molar-refractivity contribution in [1.29, 1.82) is 0 Å². The predicted molar refractivity (Wildman–Crippen MR) is 59.1 cm³/mol. The Bertz CT molecular complexity index is 271. The van der Waals surface area contributed by atoms with E-state index in [2.05, 4.69) is 30.9 Å². The van der Waals surface area contributed by atoms with Crippen molar-refractivity contribution >= 4 is 5.82 Å². The third-order valence-corrected chi connectivity index (χ3v) is 2.57. The maximum Gasteiger partial charge on any atom is 0.121 e. The third-order valence-electron chi connectivity index (χ3n) is 2.57. The van der Waals surface area contributed by atoms with Gasteiger partial charge in [0.25, 0.3) is 0 Å². The molecule has 2 N–H and O–H groups in total. The second kappa shape index (κ2) is 4.46. The lowest BCUT2D eigenvalue weighted by Crippen LogP contribution is -2.28. The van der Waals surface area contributed by atoms with Crippen molar-refractivity contribution in [2.24, 2.45) is 7.05 Å². The van der Waals surface area contributed by atoms with Gasteiger partial charge in [-0.3, -0.25) is 4.68 Å². The summed E-state index contributed by atoms with van der Waals surface area (Å²) < 4.78 is 1.71. The van der Waals surface area contributed by atoms with Crippen LogP contribution in [0.25, 0.3) is 0 Å². The Morgan fingerprint density at radius 3 is 2.64 bits per heavy atom. The van der Waals surface area contributed by atoms with Crippen LogP contribution in [0, 0.1) is 0 Å². The van der Waals surface area contributed by atoms with Gasteiger partial charge >= 0.3 is 0 Å². The molecule has 0 saturated heterocycles. The van der Waals surface area contributed by atoms with Crippen molar-refractivity contribution in [2.45, 2.75) is 26.3 Å². The molecule has 1 aromatic rings. The lowest BCUT2D eigenvalue weighted by molar-refractivity contribution is 0.276. The lowest BCUT2D eigenvalue weighted by atomic mass is 10.2. The molecule has 14 heavy (non-hydrogen) atoms. The number of aryl methyl sites for hydroxylation is 1. The first kappa shape index (κ1) is 11.0. The molecule has 0 spiro atoms. The molecule has 0 aliphatic rings. The maximum absolute atomic E-state index is 5.69. The second-order valence-corrected chi connectivity index (χ2v) is 4.01. The van der Waals surface area contributed by atoms with E-state index in [1.54, 1.807) is 4.68 Å². The average molecular weight is 196 g/mol. The van der Waals surface area contributed by atoms with Gasteiger partial charge in [-0.25, -0.2) is 0 Å². The summed E-state index contributed by atoms with van der Waals surface area (Å²) in [6, 6.07) is 2.52. The Kier molecular flexibility index (Phi) is 3.52. The van der Waals surface area contributed by atoms with Crippen molar-refractivity contribution < 1.29 is 0 Å². The minimum Gasteiger partial charge on any atom is -0.384 e. The zero-order valence-electron chi connectivity index (χ0n) is 9.49. The maximum atomic E-state index is 5.69. The monoisotopic (exact) mass is 196 g/mol. The highest BCUT2D eigenvalue weighted by molar-refractivity contribution is 5.30. The van der Waals surface area contributed by atoms with E-state index in [0.717, 1.165) is 24.5 Å². The fourth-order valence-electron chi connectivity index (χ4n) is 1.21. The number of nitrogens with two attached hydrogens (primary N) is 1. The van der Waals surface area contributed by atoms with E-state index in [4.69, 9.17) is 5.73 Å². The van der Waals surface area contributed by atoms with Crippen molar-refractivity contribution in [2.75, 3.05) is 19.3 Å². The highest BCUT2D eigenvalue weighted by Gasteiger charge is 2.06. The quantitative estimate of drug-likeness (QED) is 0.778. The molecule has 0 aliphatic carbocycles. The average Bonchev–Trinajstić information content (AvgIpc) is 2.42. The molecule has 1 aromatic heterocycles. The molecule has 1 rings (SSSR count). The van der Waals surface area contributed by atoms with Crippen LogP contribution in [0.4, 0.5) is 5.82 Å². The largest absolute Gasteiger partial charge is 0.384 e. The molecule has 1 heterocycles. The Morgan fingerprint density at radius 2 is 2.21 bits per heavy atom. The fourth-order valence-corrected chi connectivity index (χ4v) is 1.21. The molecule has 4 nitrogen and oxygen atoms in total. The zero-order chi connectivity index (χ0) is 10.7. The number of likely N-dealkylation sites (N-methyl/N-ethyl adjacent to an activating group) is 1. The van der Waals surface area contributed by atoms with Crippen LogP contribution in [-0.2, 0) is 13.5 Å². The van der Waals surface area contributed by atoms with Crippen LogP contribution in [0.15, 0.2) is 6.07 Å². The smallest absolute Gasteiger partial charge is 0.121 e. The summed E-state index contributed by atoms with van der Waals surface area (Å²) >= 11 is 0. The fraction of sp³-hybridized carbons (Fsp3) is 0.700. The van der Waals surface area contributed by atoms with Gasteiger partial charge in [0.1, 0.15) is 5.82 Å². The van der Waals surface area contributed by atoms with Crippen molar-refractivity contribution in [1.82, 2.24) is 14.7 Å². The van der Waals surface area contributed by atoms with Crippen LogP contribution in [0.5, 0.6) is 0 Å². The van der Waals surface area contributed by atoms with Gasteiger partial charge < -0.3 is 10.6 Å². The predicted octanol–water partition coefficient (Wildman–Crippen LogP) is 0.885. The zero-order valence-corrected chi connectivity index (χ0v) is 9.49. The number of anilines is 1. The standard InChI is InChI=1S/C10H20N4/c1-8(2)13(3)6-5-9-7-10(11)14(4)12-9/h7-8H,5-6,11H2,1-4H3. The summed E-state index contributed by atoms with van der Waals surface area (Å²) in [5.41, 5.74) is 6.76. The SMILES string of the molecule is CC(C)N(C)CCc1cc(N)n(C)n1. The Hall–Kier alpha value is -1.03. The van der Waals surface area contributed by atoms with Gasteiger partial charge in [-0.05, 0) is 20.9 Å². The van der Waals surface area contributed by atoms with Crippen LogP contribution >= 0.6 is 0 Å². The number of nitrogens with zero attached hydrogens (tertiary/aromatic N) is 3. The number of aromatic nitrogens is 2. The summed E-state index contributed by atoms with van der Waals surface area (Å²) in [7, 11) is 3.99. The molecule has 0 fully saturated rings. The van der Waals surface area contributed by atoms with Gasteiger partial charge in [0, 0.05) is 32.1 Å². The van der Waals surface area contributed by atoms with E-state index in [-0.39, 0.29) is 0 Å². The van der Waals surface area contributed by atoms with Crippen LogP contribution in [-0.4, -0.2) is 34.3 Å². The number of hydrogen-bond acceptors (Lipinski definition) is 3. The van der Waals surface area contributed by atoms with E-state index in [0.29, 0.717) is 6.04 Å². The summed E-state index contributed by atoms with van der Waals surface area (Å²) in [5, 5.41) is 4.31. The van der Waals surface area contributed by atoms with Gasteiger partial charge in [0.05, 0.1) is 5.69 Å². The molecule has 80 valence electrons. The van der Waals surface area contributed by atoms with Gasteiger partial charge in [-0.1, -0.05) is 0 Å². The molecule has 0 bridgehead atoms. The summed E-state index contributed by atoms with van der Waals surface area (Å²) in [6.45, 7) is 5.40.